The van der Waals surface area contributed by atoms with Crippen LogP contribution in [0.4, 0.5) is 10.1 Å². The quantitative estimate of drug-likeness (QED) is 0.775. The lowest BCUT2D eigenvalue weighted by Gasteiger charge is -2.02. The average molecular weight is 266 g/mol. The third-order valence-electron chi connectivity index (χ3n) is 3.10. The Labute approximate surface area is 114 Å². The normalized spacial score (nSPS) is 10.6. The van der Waals surface area contributed by atoms with Gasteiger partial charge in [-0.2, -0.15) is 5.26 Å². The van der Waals surface area contributed by atoms with Crippen molar-refractivity contribution in [3.63, 3.8) is 0 Å². The van der Waals surface area contributed by atoms with Crippen LogP contribution in [0, 0.1) is 17.1 Å². The minimum absolute atomic E-state index is 0.206. The molecule has 0 aliphatic carbocycles. The molecule has 0 saturated carbocycles. The zero-order valence-electron chi connectivity index (χ0n) is 10.5. The minimum atomic E-state index is -0.302. The number of aromatic nitrogens is 2. The molecule has 0 atom stereocenters. The van der Waals surface area contributed by atoms with E-state index in [2.05, 4.69) is 11.1 Å². The topological polar surface area (TPSA) is 67.1 Å². The Morgan fingerprint density at radius 1 is 1.20 bits per heavy atom. The summed E-state index contributed by atoms with van der Waals surface area (Å²) in [4.78, 5) is 4.51. The van der Waals surface area contributed by atoms with E-state index >= 15 is 0 Å². The molecule has 0 aliphatic heterocycles. The first-order valence-corrected chi connectivity index (χ1v) is 6.08. The number of pyridine rings is 1. The summed E-state index contributed by atoms with van der Waals surface area (Å²) in [5.41, 5.74) is 9.29. The summed E-state index contributed by atoms with van der Waals surface area (Å²) in [5, 5.41) is 9.00. The van der Waals surface area contributed by atoms with Crippen molar-refractivity contribution in [2.24, 2.45) is 0 Å². The smallest absolute Gasteiger partial charge is 0.137 e. The molecule has 0 bridgehead atoms. The maximum Gasteiger partial charge on any atom is 0.137 e. The average Bonchev–Trinajstić information content (AvgIpc) is 2.79. The lowest BCUT2D eigenvalue weighted by molar-refractivity contribution is 0.628. The zero-order valence-corrected chi connectivity index (χ0v) is 10.5. The number of anilines is 1. The Morgan fingerprint density at radius 2 is 1.95 bits per heavy atom. The second-order valence-corrected chi connectivity index (χ2v) is 4.44. The first-order chi connectivity index (χ1) is 9.69. The molecule has 20 heavy (non-hydrogen) atoms. The van der Waals surface area contributed by atoms with E-state index in [0.717, 1.165) is 11.3 Å². The van der Waals surface area contributed by atoms with Gasteiger partial charge in [-0.1, -0.05) is 0 Å². The molecule has 0 spiro atoms. The van der Waals surface area contributed by atoms with Gasteiger partial charge in [-0.3, -0.25) is 0 Å². The van der Waals surface area contributed by atoms with Gasteiger partial charge in [0, 0.05) is 17.4 Å². The number of rotatable bonds is 2. The number of benzene rings is 1. The van der Waals surface area contributed by atoms with Crippen LogP contribution in [0.15, 0.2) is 42.6 Å². The summed E-state index contributed by atoms with van der Waals surface area (Å²) < 4.78 is 14.8. The molecule has 98 valence electrons. The number of hydrogen-bond donors (Lipinski definition) is 1. The standard InChI is InChI=1S/C15H11FN4/c16-11-3-1-10(2-4-11)15-13(7-8-17)20-9-12(18)5-6-14(20)19-15/h1-6,9H,7,18H2. The molecular formula is C15H11FN4. The Hall–Kier alpha value is -2.87. The van der Waals surface area contributed by atoms with Crippen molar-refractivity contribution < 1.29 is 4.39 Å². The molecule has 2 N–H and O–H groups in total. The molecule has 2 aromatic heterocycles. The van der Waals surface area contributed by atoms with Crippen LogP contribution in [-0.4, -0.2) is 9.38 Å². The number of nitrogens with two attached hydrogens (primary N) is 1. The van der Waals surface area contributed by atoms with Crippen molar-refractivity contribution in [3.8, 4) is 17.3 Å². The molecule has 0 fully saturated rings. The molecule has 3 aromatic rings. The monoisotopic (exact) mass is 266 g/mol. The van der Waals surface area contributed by atoms with Gasteiger partial charge in [0.15, 0.2) is 0 Å². The van der Waals surface area contributed by atoms with Crippen LogP contribution < -0.4 is 5.73 Å². The molecule has 2 heterocycles. The van der Waals surface area contributed by atoms with Crippen LogP contribution in [0.2, 0.25) is 0 Å². The molecule has 0 radical (unpaired) electrons. The maximum absolute atomic E-state index is 13.0. The minimum Gasteiger partial charge on any atom is -0.398 e. The predicted octanol–water partition coefficient (Wildman–Crippen LogP) is 2.79. The number of nitrogen functional groups attached to an aromatic ring is 1. The molecule has 0 unspecified atom stereocenters. The van der Waals surface area contributed by atoms with E-state index in [9.17, 15) is 4.39 Å². The van der Waals surface area contributed by atoms with E-state index in [1.165, 1.54) is 12.1 Å². The first-order valence-electron chi connectivity index (χ1n) is 6.08. The van der Waals surface area contributed by atoms with Gasteiger partial charge in [-0.05, 0) is 36.4 Å². The van der Waals surface area contributed by atoms with Gasteiger partial charge in [0.1, 0.15) is 11.5 Å². The van der Waals surface area contributed by atoms with Crippen molar-refractivity contribution in [1.29, 1.82) is 5.26 Å². The third-order valence-corrected chi connectivity index (χ3v) is 3.10. The Morgan fingerprint density at radius 3 is 2.65 bits per heavy atom. The summed E-state index contributed by atoms with van der Waals surface area (Å²) in [6, 6.07) is 11.7. The Balaban J connectivity index is 2.26. The fourth-order valence-electron chi connectivity index (χ4n) is 2.19. The largest absolute Gasteiger partial charge is 0.398 e. The number of imidazole rings is 1. The molecule has 0 saturated heterocycles. The fraction of sp³-hybridized carbons (Fsp3) is 0.0667. The fourth-order valence-corrected chi connectivity index (χ4v) is 2.19. The van der Waals surface area contributed by atoms with E-state index in [1.807, 2.05) is 0 Å². The lowest BCUT2D eigenvalue weighted by Crippen LogP contribution is -1.95. The van der Waals surface area contributed by atoms with Crippen LogP contribution in [0.3, 0.4) is 0 Å². The highest BCUT2D eigenvalue weighted by Crippen LogP contribution is 2.25. The van der Waals surface area contributed by atoms with Gasteiger partial charge >= 0.3 is 0 Å². The van der Waals surface area contributed by atoms with Crippen molar-refractivity contribution in [1.82, 2.24) is 9.38 Å². The summed E-state index contributed by atoms with van der Waals surface area (Å²) in [6.45, 7) is 0. The lowest BCUT2D eigenvalue weighted by atomic mass is 10.1. The Bertz CT molecular complexity index is 812. The van der Waals surface area contributed by atoms with Crippen LogP contribution in [0.5, 0.6) is 0 Å². The molecular weight excluding hydrogens is 255 g/mol. The SMILES string of the molecule is N#CCc1c(-c2ccc(F)cc2)nc2ccc(N)cn12. The summed E-state index contributed by atoms with van der Waals surface area (Å²) >= 11 is 0. The van der Waals surface area contributed by atoms with E-state index in [4.69, 9.17) is 11.0 Å². The molecule has 3 rings (SSSR count). The van der Waals surface area contributed by atoms with E-state index in [1.54, 1.807) is 34.9 Å². The van der Waals surface area contributed by atoms with E-state index < -0.39 is 0 Å². The molecule has 0 aliphatic rings. The highest BCUT2D eigenvalue weighted by Gasteiger charge is 2.13. The van der Waals surface area contributed by atoms with Crippen molar-refractivity contribution in [2.75, 3.05) is 5.73 Å². The second-order valence-electron chi connectivity index (χ2n) is 4.44. The maximum atomic E-state index is 13.0. The molecule has 1 aromatic carbocycles. The van der Waals surface area contributed by atoms with Gasteiger partial charge in [-0.15, -0.1) is 0 Å². The van der Waals surface area contributed by atoms with Crippen molar-refractivity contribution in [2.45, 2.75) is 6.42 Å². The van der Waals surface area contributed by atoms with Gasteiger partial charge in [0.25, 0.3) is 0 Å². The highest BCUT2D eigenvalue weighted by atomic mass is 19.1. The van der Waals surface area contributed by atoms with Gasteiger partial charge < -0.3 is 10.1 Å². The third kappa shape index (κ3) is 1.97. The molecule has 0 amide bonds. The van der Waals surface area contributed by atoms with E-state index in [0.29, 0.717) is 17.0 Å². The van der Waals surface area contributed by atoms with Gasteiger partial charge in [0.05, 0.1) is 23.9 Å². The van der Waals surface area contributed by atoms with Crippen LogP contribution in [-0.2, 0) is 6.42 Å². The highest BCUT2D eigenvalue weighted by molar-refractivity contribution is 5.67. The predicted molar refractivity (Wildman–Crippen MR) is 74.3 cm³/mol. The van der Waals surface area contributed by atoms with Gasteiger partial charge in [-0.25, -0.2) is 9.37 Å². The van der Waals surface area contributed by atoms with Crippen LogP contribution in [0.25, 0.3) is 16.9 Å². The Kier molecular flexibility index (Phi) is 2.84. The zero-order chi connectivity index (χ0) is 14.1. The first kappa shape index (κ1) is 12.2. The molecule has 4 nitrogen and oxygen atoms in total. The number of hydrogen-bond acceptors (Lipinski definition) is 3. The summed E-state index contributed by atoms with van der Waals surface area (Å²) in [7, 11) is 0. The van der Waals surface area contributed by atoms with Crippen molar-refractivity contribution >= 4 is 11.3 Å². The summed E-state index contributed by atoms with van der Waals surface area (Å²) in [5.74, 6) is -0.302. The van der Waals surface area contributed by atoms with Gasteiger partial charge in [0.2, 0.25) is 0 Å². The number of halogens is 1. The van der Waals surface area contributed by atoms with Crippen LogP contribution >= 0.6 is 0 Å². The van der Waals surface area contributed by atoms with E-state index in [-0.39, 0.29) is 12.2 Å². The van der Waals surface area contributed by atoms with Crippen molar-refractivity contribution in [3.05, 3.63) is 54.1 Å². The number of nitrogens with zero attached hydrogens (tertiary/aromatic N) is 3. The number of nitriles is 1. The summed E-state index contributed by atoms with van der Waals surface area (Å²) in [6.07, 6.45) is 1.94. The molecule has 5 heteroatoms. The second kappa shape index (κ2) is 4.67. The van der Waals surface area contributed by atoms with Crippen LogP contribution in [0.1, 0.15) is 5.69 Å². The number of fused-ring (bicyclic) bond motifs is 1.